The minimum Gasteiger partial charge on any atom is -0.316 e. The molecule has 0 saturated heterocycles. The van der Waals surface area contributed by atoms with Crippen molar-refractivity contribution in [1.82, 2.24) is 5.32 Å². The van der Waals surface area contributed by atoms with Crippen LogP contribution in [-0.2, 0) is 6.42 Å². The highest BCUT2D eigenvalue weighted by Crippen LogP contribution is 2.13. The average molecular weight is 219 g/mol. The third-order valence-electron chi connectivity index (χ3n) is 3.39. The van der Waals surface area contributed by atoms with Crippen LogP contribution < -0.4 is 5.32 Å². The van der Waals surface area contributed by atoms with Gasteiger partial charge >= 0.3 is 0 Å². The number of hydrogen-bond acceptors (Lipinski definition) is 1. The molecule has 1 N–H and O–H groups in total. The third-order valence-corrected chi connectivity index (χ3v) is 3.39. The Morgan fingerprint density at radius 1 is 1.19 bits per heavy atom. The summed E-state index contributed by atoms with van der Waals surface area (Å²) in [5, 5.41) is 3.54. The van der Waals surface area contributed by atoms with E-state index in [9.17, 15) is 0 Å². The van der Waals surface area contributed by atoms with Crippen molar-refractivity contribution >= 4 is 0 Å². The van der Waals surface area contributed by atoms with Crippen LogP contribution in [0.2, 0.25) is 0 Å². The van der Waals surface area contributed by atoms with Crippen LogP contribution in [0.1, 0.15) is 37.0 Å². The average Bonchev–Trinajstić information content (AvgIpc) is 2.27. The molecule has 0 aliphatic heterocycles. The largest absolute Gasteiger partial charge is 0.316 e. The number of hydrogen-bond donors (Lipinski definition) is 1. The molecule has 1 heteroatoms. The van der Waals surface area contributed by atoms with E-state index in [-0.39, 0.29) is 0 Å². The fraction of sp³-hybridized carbons (Fsp3) is 0.600. The summed E-state index contributed by atoms with van der Waals surface area (Å²) in [5.41, 5.74) is 4.36. The summed E-state index contributed by atoms with van der Waals surface area (Å²) in [4.78, 5) is 0. The van der Waals surface area contributed by atoms with Crippen molar-refractivity contribution in [3.8, 4) is 0 Å². The number of benzene rings is 1. The molecule has 0 aromatic heterocycles. The highest BCUT2D eigenvalue weighted by molar-refractivity contribution is 5.33. The molecule has 0 aliphatic rings. The maximum atomic E-state index is 3.54. The second-order valence-electron chi connectivity index (χ2n) is 4.84. The van der Waals surface area contributed by atoms with Crippen molar-refractivity contribution in [2.75, 3.05) is 13.1 Å². The summed E-state index contributed by atoms with van der Waals surface area (Å²) in [6, 6.07) is 6.55. The molecule has 0 bridgehead atoms. The van der Waals surface area contributed by atoms with E-state index in [1.165, 1.54) is 23.1 Å². The van der Waals surface area contributed by atoms with E-state index in [0.29, 0.717) is 0 Å². The molecular formula is C15H25N. The van der Waals surface area contributed by atoms with Gasteiger partial charge in [0.15, 0.2) is 0 Å². The summed E-state index contributed by atoms with van der Waals surface area (Å²) in [6.45, 7) is 11.2. The van der Waals surface area contributed by atoms with Gasteiger partial charge < -0.3 is 5.32 Å². The minimum absolute atomic E-state index is 0.790. The molecule has 1 atom stereocenters. The minimum atomic E-state index is 0.790. The van der Waals surface area contributed by atoms with Gasteiger partial charge in [-0.15, -0.1) is 0 Å². The van der Waals surface area contributed by atoms with Crippen LogP contribution >= 0.6 is 0 Å². The van der Waals surface area contributed by atoms with Crippen molar-refractivity contribution in [3.63, 3.8) is 0 Å². The van der Waals surface area contributed by atoms with Gasteiger partial charge in [-0.05, 0) is 56.0 Å². The van der Waals surface area contributed by atoms with Gasteiger partial charge in [-0.2, -0.15) is 0 Å². The molecule has 90 valence electrons. The molecule has 0 saturated carbocycles. The molecule has 0 amide bonds. The molecule has 0 spiro atoms. The maximum absolute atomic E-state index is 3.54. The zero-order chi connectivity index (χ0) is 12.0. The normalized spacial score (nSPS) is 12.8. The Balaban J connectivity index is 2.37. The fourth-order valence-electron chi connectivity index (χ4n) is 1.95. The van der Waals surface area contributed by atoms with Crippen molar-refractivity contribution in [1.29, 1.82) is 0 Å². The van der Waals surface area contributed by atoms with Gasteiger partial charge in [0.1, 0.15) is 0 Å². The summed E-state index contributed by atoms with van der Waals surface area (Å²) >= 11 is 0. The van der Waals surface area contributed by atoms with Gasteiger partial charge in [0.25, 0.3) is 0 Å². The van der Waals surface area contributed by atoms with Crippen molar-refractivity contribution < 1.29 is 0 Å². The standard InChI is InChI=1S/C15H25N/c1-5-12(2)11-16-10-9-15-13(3)7-6-8-14(15)4/h6-8,12,16H,5,9-11H2,1-4H3. The van der Waals surface area contributed by atoms with Crippen LogP contribution in [0.4, 0.5) is 0 Å². The van der Waals surface area contributed by atoms with E-state index in [2.05, 4.69) is 51.2 Å². The Morgan fingerprint density at radius 3 is 2.38 bits per heavy atom. The molecule has 1 aromatic carbocycles. The van der Waals surface area contributed by atoms with Gasteiger partial charge in [-0.25, -0.2) is 0 Å². The van der Waals surface area contributed by atoms with Gasteiger partial charge in [0, 0.05) is 0 Å². The van der Waals surface area contributed by atoms with Crippen LogP contribution in [-0.4, -0.2) is 13.1 Å². The lowest BCUT2D eigenvalue weighted by Crippen LogP contribution is -2.23. The molecule has 16 heavy (non-hydrogen) atoms. The Kier molecular flexibility index (Phi) is 5.54. The predicted molar refractivity (Wildman–Crippen MR) is 71.9 cm³/mol. The first-order chi connectivity index (χ1) is 7.65. The molecule has 0 radical (unpaired) electrons. The first kappa shape index (κ1) is 13.2. The zero-order valence-corrected chi connectivity index (χ0v) is 11.1. The van der Waals surface area contributed by atoms with Crippen LogP contribution in [0.25, 0.3) is 0 Å². The third kappa shape index (κ3) is 3.97. The summed E-state index contributed by atoms with van der Waals surface area (Å²) in [6.07, 6.45) is 2.41. The number of aryl methyl sites for hydroxylation is 2. The Morgan fingerprint density at radius 2 is 1.81 bits per heavy atom. The van der Waals surface area contributed by atoms with E-state index >= 15 is 0 Å². The Labute approximate surface area is 100 Å². The van der Waals surface area contributed by atoms with Crippen molar-refractivity contribution in [2.45, 2.75) is 40.5 Å². The monoisotopic (exact) mass is 219 g/mol. The molecular weight excluding hydrogens is 194 g/mol. The first-order valence-electron chi connectivity index (χ1n) is 6.41. The van der Waals surface area contributed by atoms with Gasteiger partial charge in [0.2, 0.25) is 0 Å². The lowest BCUT2D eigenvalue weighted by Gasteiger charge is -2.12. The molecule has 0 fully saturated rings. The summed E-state index contributed by atoms with van der Waals surface area (Å²) < 4.78 is 0. The molecule has 1 aromatic rings. The smallest absolute Gasteiger partial charge is 0.000804 e. The number of rotatable bonds is 6. The molecule has 1 nitrogen and oxygen atoms in total. The Hall–Kier alpha value is -0.820. The fourth-order valence-corrected chi connectivity index (χ4v) is 1.95. The van der Waals surface area contributed by atoms with Gasteiger partial charge in [0.05, 0.1) is 0 Å². The van der Waals surface area contributed by atoms with Crippen LogP contribution in [0, 0.1) is 19.8 Å². The highest BCUT2D eigenvalue weighted by Gasteiger charge is 2.02. The van der Waals surface area contributed by atoms with Gasteiger partial charge in [-0.1, -0.05) is 38.5 Å². The lowest BCUT2D eigenvalue weighted by atomic mass is 10.00. The zero-order valence-electron chi connectivity index (χ0n) is 11.1. The maximum Gasteiger partial charge on any atom is -0.000804 e. The molecule has 0 heterocycles. The first-order valence-corrected chi connectivity index (χ1v) is 6.41. The second-order valence-corrected chi connectivity index (χ2v) is 4.84. The van der Waals surface area contributed by atoms with E-state index in [4.69, 9.17) is 0 Å². The SMILES string of the molecule is CCC(C)CNCCc1c(C)cccc1C. The Bertz CT molecular complexity index is 297. The van der Waals surface area contributed by atoms with Gasteiger partial charge in [-0.3, -0.25) is 0 Å². The van der Waals surface area contributed by atoms with Crippen LogP contribution in [0.5, 0.6) is 0 Å². The topological polar surface area (TPSA) is 12.0 Å². The van der Waals surface area contributed by atoms with E-state index < -0.39 is 0 Å². The predicted octanol–water partition coefficient (Wildman–Crippen LogP) is 3.48. The van der Waals surface area contributed by atoms with Crippen LogP contribution in [0.15, 0.2) is 18.2 Å². The van der Waals surface area contributed by atoms with Crippen molar-refractivity contribution in [3.05, 3.63) is 34.9 Å². The molecule has 1 unspecified atom stereocenters. The molecule has 1 rings (SSSR count). The van der Waals surface area contributed by atoms with E-state index in [1.54, 1.807) is 0 Å². The van der Waals surface area contributed by atoms with Crippen LogP contribution in [0.3, 0.4) is 0 Å². The number of nitrogens with one attached hydrogen (secondary N) is 1. The molecule has 0 aliphatic carbocycles. The van der Waals surface area contributed by atoms with E-state index in [1.807, 2.05) is 0 Å². The lowest BCUT2D eigenvalue weighted by molar-refractivity contribution is 0.502. The second kappa shape index (κ2) is 6.70. The quantitative estimate of drug-likeness (QED) is 0.722. The van der Waals surface area contributed by atoms with Crippen molar-refractivity contribution in [2.24, 2.45) is 5.92 Å². The summed E-state index contributed by atoms with van der Waals surface area (Å²) in [5.74, 6) is 0.790. The highest BCUT2D eigenvalue weighted by atomic mass is 14.8. The summed E-state index contributed by atoms with van der Waals surface area (Å²) in [7, 11) is 0. The van der Waals surface area contributed by atoms with E-state index in [0.717, 1.165) is 25.4 Å².